The van der Waals surface area contributed by atoms with Crippen LogP contribution in [0.3, 0.4) is 0 Å². The molecule has 1 unspecified atom stereocenters. The number of nitrogens with zero attached hydrogens (tertiary/aromatic N) is 1. The number of pyridine rings is 1. The number of anilines is 1. The van der Waals surface area contributed by atoms with Crippen molar-refractivity contribution in [3.05, 3.63) is 52.1 Å². The molecule has 0 bridgehead atoms. The molecule has 2 aromatic rings. The van der Waals surface area contributed by atoms with Gasteiger partial charge in [-0.15, -0.1) is 0 Å². The Balaban J connectivity index is 1.70. The summed E-state index contributed by atoms with van der Waals surface area (Å²) in [6.07, 6.45) is 2.34. The summed E-state index contributed by atoms with van der Waals surface area (Å²) in [7, 11) is 0. The predicted molar refractivity (Wildman–Crippen MR) is 88.5 cm³/mol. The van der Waals surface area contributed by atoms with Gasteiger partial charge in [0, 0.05) is 29.9 Å². The Hall–Kier alpha value is -1.82. The highest BCUT2D eigenvalue weighted by molar-refractivity contribution is 6.42. The van der Waals surface area contributed by atoms with Crippen LogP contribution in [-0.2, 0) is 4.74 Å². The molecular weight excluding hydrogens is 339 g/mol. The molecule has 7 heteroatoms. The predicted octanol–water partition coefficient (Wildman–Crippen LogP) is 3.81. The number of halogens is 2. The molecule has 1 atom stereocenters. The Morgan fingerprint density at radius 3 is 2.87 bits per heavy atom. The zero-order valence-corrected chi connectivity index (χ0v) is 13.6. The van der Waals surface area contributed by atoms with E-state index in [-0.39, 0.29) is 12.0 Å². The second-order valence-corrected chi connectivity index (χ2v) is 5.88. The number of benzene rings is 1. The van der Waals surface area contributed by atoms with Gasteiger partial charge in [0.05, 0.1) is 23.3 Å². The van der Waals surface area contributed by atoms with Crippen LogP contribution < -0.4 is 10.1 Å². The molecule has 1 aromatic heterocycles. The molecule has 0 spiro atoms. The summed E-state index contributed by atoms with van der Waals surface area (Å²) in [5.41, 5.74) is 1.01. The largest absolute Gasteiger partial charge is 0.472 e. The molecule has 23 heavy (non-hydrogen) atoms. The molecule has 5 nitrogen and oxygen atoms in total. The number of ether oxygens (including phenoxy) is 2. The summed E-state index contributed by atoms with van der Waals surface area (Å²) in [6, 6.07) is 8.12. The average Bonchev–Trinajstić information content (AvgIpc) is 3.04. The number of carbonyl (C=O) groups is 1. The van der Waals surface area contributed by atoms with Gasteiger partial charge in [0.15, 0.2) is 0 Å². The molecule has 0 saturated carbocycles. The summed E-state index contributed by atoms with van der Waals surface area (Å²) in [4.78, 5) is 16.4. The van der Waals surface area contributed by atoms with Crippen LogP contribution >= 0.6 is 23.2 Å². The Bertz CT molecular complexity index is 718. The van der Waals surface area contributed by atoms with Gasteiger partial charge in [0.1, 0.15) is 6.10 Å². The Morgan fingerprint density at radius 2 is 2.13 bits per heavy atom. The molecule has 1 fully saturated rings. The normalized spacial score (nSPS) is 17.0. The number of aromatic nitrogens is 1. The standard InChI is InChI=1S/C16H14Cl2N2O3/c17-13-2-1-11(8-14(13)18)20-16(21)10-3-5-19-15(7-10)23-12-4-6-22-9-12/h1-3,5,7-8,12H,4,6,9H2,(H,20,21). The van der Waals surface area contributed by atoms with Crippen molar-refractivity contribution in [2.75, 3.05) is 18.5 Å². The first kappa shape index (κ1) is 16.1. The summed E-state index contributed by atoms with van der Waals surface area (Å²) >= 11 is 11.8. The monoisotopic (exact) mass is 352 g/mol. The highest BCUT2D eigenvalue weighted by atomic mass is 35.5. The number of hydrogen-bond donors (Lipinski definition) is 1. The van der Waals surface area contributed by atoms with Crippen molar-refractivity contribution in [1.82, 2.24) is 4.98 Å². The zero-order valence-electron chi connectivity index (χ0n) is 12.1. The van der Waals surface area contributed by atoms with E-state index >= 15 is 0 Å². The lowest BCUT2D eigenvalue weighted by molar-refractivity contribution is 0.102. The van der Waals surface area contributed by atoms with Crippen molar-refractivity contribution in [3.63, 3.8) is 0 Å². The van der Waals surface area contributed by atoms with E-state index in [0.717, 1.165) is 6.42 Å². The Kier molecular flexibility index (Phi) is 5.00. The second kappa shape index (κ2) is 7.17. The fourth-order valence-corrected chi connectivity index (χ4v) is 2.47. The van der Waals surface area contributed by atoms with Gasteiger partial charge in [0.2, 0.25) is 5.88 Å². The van der Waals surface area contributed by atoms with Crippen molar-refractivity contribution < 1.29 is 14.3 Å². The van der Waals surface area contributed by atoms with E-state index in [4.69, 9.17) is 32.7 Å². The molecule has 1 aromatic carbocycles. The van der Waals surface area contributed by atoms with Crippen LogP contribution in [0.15, 0.2) is 36.5 Å². The summed E-state index contributed by atoms with van der Waals surface area (Å²) in [6.45, 7) is 1.23. The lowest BCUT2D eigenvalue weighted by Crippen LogP contribution is -2.17. The first-order valence-electron chi connectivity index (χ1n) is 7.08. The molecule has 1 saturated heterocycles. The molecule has 0 aliphatic carbocycles. The maximum absolute atomic E-state index is 12.3. The maximum Gasteiger partial charge on any atom is 0.255 e. The topological polar surface area (TPSA) is 60.5 Å². The van der Waals surface area contributed by atoms with E-state index < -0.39 is 0 Å². The first-order chi connectivity index (χ1) is 11.1. The van der Waals surface area contributed by atoms with E-state index in [1.165, 1.54) is 6.20 Å². The highest BCUT2D eigenvalue weighted by Gasteiger charge is 2.18. The van der Waals surface area contributed by atoms with Crippen molar-refractivity contribution in [2.24, 2.45) is 0 Å². The van der Waals surface area contributed by atoms with Gasteiger partial charge in [-0.25, -0.2) is 4.98 Å². The van der Waals surface area contributed by atoms with Crippen molar-refractivity contribution in [1.29, 1.82) is 0 Å². The zero-order chi connectivity index (χ0) is 16.2. The number of rotatable bonds is 4. The lowest BCUT2D eigenvalue weighted by Gasteiger charge is -2.11. The minimum atomic E-state index is -0.279. The third kappa shape index (κ3) is 4.13. The summed E-state index contributed by atoms with van der Waals surface area (Å²) in [5.74, 6) is 0.126. The van der Waals surface area contributed by atoms with Crippen LogP contribution in [0.25, 0.3) is 0 Å². The van der Waals surface area contributed by atoms with Gasteiger partial charge in [-0.1, -0.05) is 23.2 Å². The molecule has 1 N–H and O–H groups in total. The molecule has 120 valence electrons. The second-order valence-electron chi connectivity index (χ2n) is 5.07. The Morgan fingerprint density at radius 1 is 1.26 bits per heavy atom. The molecule has 0 radical (unpaired) electrons. The first-order valence-corrected chi connectivity index (χ1v) is 7.84. The van der Waals surface area contributed by atoms with E-state index in [0.29, 0.717) is 40.4 Å². The summed E-state index contributed by atoms with van der Waals surface area (Å²) < 4.78 is 10.9. The Labute approximate surface area is 143 Å². The van der Waals surface area contributed by atoms with Crippen LogP contribution in [0.1, 0.15) is 16.8 Å². The smallest absolute Gasteiger partial charge is 0.255 e. The minimum absolute atomic E-state index is 0.0177. The van der Waals surface area contributed by atoms with Gasteiger partial charge in [0.25, 0.3) is 5.91 Å². The van der Waals surface area contributed by atoms with E-state index in [1.807, 2.05) is 0 Å². The minimum Gasteiger partial charge on any atom is -0.472 e. The van der Waals surface area contributed by atoms with Crippen molar-refractivity contribution in [3.8, 4) is 5.88 Å². The van der Waals surface area contributed by atoms with Crippen molar-refractivity contribution in [2.45, 2.75) is 12.5 Å². The van der Waals surface area contributed by atoms with E-state index in [2.05, 4.69) is 10.3 Å². The summed E-state index contributed by atoms with van der Waals surface area (Å²) in [5, 5.41) is 3.57. The fourth-order valence-electron chi connectivity index (χ4n) is 2.17. The molecule has 3 rings (SSSR count). The SMILES string of the molecule is O=C(Nc1ccc(Cl)c(Cl)c1)c1ccnc(OC2CCOC2)c1. The van der Waals surface area contributed by atoms with Crippen molar-refractivity contribution >= 4 is 34.8 Å². The average molecular weight is 353 g/mol. The van der Waals surface area contributed by atoms with Crippen LogP contribution in [0.4, 0.5) is 5.69 Å². The third-order valence-electron chi connectivity index (χ3n) is 3.35. The molecular formula is C16H14Cl2N2O3. The molecule has 1 aliphatic rings. The number of hydrogen-bond acceptors (Lipinski definition) is 4. The van der Waals surface area contributed by atoms with Gasteiger partial charge < -0.3 is 14.8 Å². The molecule has 1 amide bonds. The quantitative estimate of drug-likeness (QED) is 0.908. The van der Waals surface area contributed by atoms with Crippen LogP contribution in [-0.4, -0.2) is 30.2 Å². The van der Waals surface area contributed by atoms with Gasteiger partial charge in [-0.3, -0.25) is 4.79 Å². The van der Waals surface area contributed by atoms with E-state index in [1.54, 1.807) is 30.3 Å². The lowest BCUT2D eigenvalue weighted by atomic mass is 10.2. The maximum atomic E-state index is 12.3. The third-order valence-corrected chi connectivity index (χ3v) is 4.09. The van der Waals surface area contributed by atoms with E-state index in [9.17, 15) is 4.79 Å². The van der Waals surface area contributed by atoms with Crippen LogP contribution in [0.2, 0.25) is 10.0 Å². The number of nitrogens with one attached hydrogen (secondary N) is 1. The van der Waals surface area contributed by atoms with Gasteiger partial charge in [-0.05, 0) is 24.3 Å². The van der Waals surface area contributed by atoms with Crippen LogP contribution in [0.5, 0.6) is 5.88 Å². The number of carbonyl (C=O) groups excluding carboxylic acids is 1. The number of amides is 1. The van der Waals surface area contributed by atoms with Gasteiger partial charge in [-0.2, -0.15) is 0 Å². The highest BCUT2D eigenvalue weighted by Crippen LogP contribution is 2.25. The van der Waals surface area contributed by atoms with Gasteiger partial charge >= 0.3 is 0 Å². The molecule has 2 heterocycles. The fraction of sp³-hybridized carbons (Fsp3) is 0.250. The van der Waals surface area contributed by atoms with Crippen LogP contribution in [0, 0.1) is 0 Å². The molecule has 1 aliphatic heterocycles.